The summed E-state index contributed by atoms with van der Waals surface area (Å²) in [5, 5.41) is 3.25. The van der Waals surface area contributed by atoms with Crippen LogP contribution in [-0.2, 0) is 11.2 Å². The summed E-state index contributed by atoms with van der Waals surface area (Å²) >= 11 is 0. The molecule has 2 rings (SSSR count). The largest absolute Gasteiger partial charge is 0.465 e. The first-order valence-corrected chi connectivity index (χ1v) is 4.68. The van der Waals surface area contributed by atoms with Gasteiger partial charge in [0.1, 0.15) is 0 Å². The van der Waals surface area contributed by atoms with Crippen molar-refractivity contribution in [1.82, 2.24) is 0 Å². The molecule has 3 nitrogen and oxygen atoms in total. The molecule has 1 aromatic rings. The van der Waals surface area contributed by atoms with Crippen molar-refractivity contribution in [2.75, 3.05) is 19.0 Å². The third-order valence-electron chi connectivity index (χ3n) is 2.58. The molecule has 1 aromatic carbocycles. The van der Waals surface area contributed by atoms with Crippen molar-refractivity contribution in [3.05, 3.63) is 28.8 Å². The van der Waals surface area contributed by atoms with E-state index < -0.39 is 0 Å². The second-order valence-electron chi connectivity index (χ2n) is 3.49. The lowest BCUT2D eigenvalue weighted by Gasteiger charge is -2.06. The van der Waals surface area contributed by atoms with E-state index in [1.807, 2.05) is 19.1 Å². The first-order chi connectivity index (χ1) is 6.72. The molecule has 0 spiro atoms. The molecule has 1 N–H and O–H groups in total. The fourth-order valence-corrected chi connectivity index (χ4v) is 1.86. The first kappa shape index (κ1) is 9.06. The number of fused-ring (bicyclic) bond motifs is 1. The number of rotatable bonds is 1. The van der Waals surface area contributed by atoms with Crippen LogP contribution in [0.25, 0.3) is 0 Å². The highest BCUT2D eigenvalue weighted by Gasteiger charge is 2.16. The molecule has 0 aromatic heterocycles. The van der Waals surface area contributed by atoms with E-state index in [1.54, 1.807) is 0 Å². The number of benzene rings is 1. The van der Waals surface area contributed by atoms with Crippen LogP contribution in [0.4, 0.5) is 5.69 Å². The van der Waals surface area contributed by atoms with E-state index in [2.05, 4.69) is 10.1 Å². The van der Waals surface area contributed by atoms with Crippen molar-refractivity contribution in [3.8, 4) is 0 Å². The monoisotopic (exact) mass is 191 g/mol. The van der Waals surface area contributed by atoms with Crippen molar-refractivity contribution in [1.29, 1.82) is 0 Å². The molecule has 0 saturated heterocycles. The van der Waals surface area contributed by atoms with E-state index in [1.165, 1.54) is 12.7 Å². The Hall–Kier alpha value is -1.51. The molecule has 0 amide bonds. The van der Waals surface area contributed by atoms with Gasteiger partial charge in [0, 0.05) is 12.2 Å². The molecule has 0 fully saturated rings. The smallest absolute Gasteiger partial charge is 0.337 e. The summed E-state index contributed by atoms with van der Waals surface area (Å²) < 4.78 is 4.68. The summed E-state index contributed by atoms with van der Waals surface area (Å²) in [4.78, 5) is 11.3. The van der Waals surface area contributed by atoms with Gasteiger partial charge in [0.05, 0.1) is 12.7 Å². The van der Waals surface area contributed by atoms with Crippen LogP contribution in [0.3, 0.4) is 0 Å². The Morgan fingerprint density at radius 3 is 3.00 bits per heavy atom. The van der Waals surface area contributed by atoms with E-state index in [0.717, 1.165) is 24.2 Å². The van der Waals surface area contributed by atoms with Gasteiger partial charge in [-0.05, 0) is 36.6 Å². The topological polar surface area (TPSA) is 38.3 Å². The Morgan fingerprint density at radius 1 is 1.50 bits per heavy atom. The summed E-state index contributed by atoms with van der Waals surface area (Å²) in [5.41, 5.74) is 4.18. The molecule has 14 heavy (non-hydrogen) atoms. The molecule has 0 bridgehead atoms. The Kier molecular flexibility index (Phi) is 2.15. The van der Waals surface area contributed by atoms with E-state index in [-0.39, 0.29) is 5.97 Å². The maximum Gasteiger partial charge on any atom is 0.337 e. The predicted molar refractivity (Wildman–Crippen MR) is 54.7 cm³/mol. The Morgan fingerprint density at radius 2 is 2.29 bits per heavy atom. The van der Waals surface area contributed by atoms with Gasteiger partial charge in [-0.25, -0.2) is 4.79 Å². The maximum atomic E-state index is 11.3. The minimum Gasteiger partial charge on any atom is -0.465 e. The molecule has 1 aliphatic rings. The van der Waals surface area contributed by atoms with E-state index in [4.69, 9.17) is 0 Å². The summed E-state index contributed by atoms with van der Waals surface area (Å²) in [6.07, 6.45) is 1.04. The first-order valence-electron chi connectivity index (χ1n) is 4.68. The number of aryl methyl sites for hydroxylation is 1. The number of methoxy groups -OCH3 is 1. The lowest BCUT2D eigenvalue weighted by atomic mass is 10.0. The maximum absolute atomic E-state index is 11.3. The predicted octanol–water partition coefficient (Wildman–Crippen LogP) is 1.75. The van der Waals surface area contributed by atoms with Gasteiger partial charge in [0.15, 0.2) is 0 Å². The highest BCUT2D eigenvalue weighted by atomic mass is 16.5. The number of carbonyl (C=O) groups excluding carboxylic acids is 1. The van der Waals surface area contributed by atoms with Crippen LogP contribution >= 0.6 is 0 Å². The van der Waals surface area contributed by atoms with Gasteiger partial charge < -0.3 is 10.1 Å². The Balaban J connectivity index is 2.46. The second-order valence-corrected chi connectivity index (χ2v) is 3.49. The molecule has 1 heterocycles. The van der Waals surface area contributed by atoms with Crippen LogP contribution in [0.2, 0.25) is 0 Å². The normalized spacial score (nSPS) is 13.3. The minimum atomic E-state index is -0.274. The van der Waals surface area contributed by atoms with Gasteiger partial charge in [-0.15, -0.1) is 0 Å². The van der Waals surface area contributed by atoms with Crippen LogP contribution in [-0.4, -0.2) is 19.6 Å². The number of anilines is 1. The average Bonchev–Trinajstić information content (AvgIpc) is 2.64. The highest BCUT2D eigenvalue weighted by Crippen LogP contribution is 2.27. The van der Waals surface area contributed by atoms with Gasteiger partial charge in [0.25, 0.3) is 0 Å². The number of nitrogens with one attached hydrogen (secondary N) is 1. The van der Waals surface area contributed by atoms with Gasteiger partial charge in [-0.1, -0.05) is 0 Å². The number of ether oxygens (including phenoxy) is 1. The number of hydrogen-bond acceptors (Lipinski definition) is 3. The van der Waals surface area contributed by atoms with Crippen molar-refractivity contribution >= 4 is 11.7 Å². The molecular weight excluding hydrogens is 178 g/mol. The van der Waals surface area contributed by atoms with Crippen LogP contribution in [0.1, 0.15) is 21.5 Å². The standard InChI is InChI=1S/C11H13NO2/c1-7-5-8(11(13)14-2)6-10-9(7)3-4-12-10/h5-6,12H,3-4H2,1-2H3. The van der Waals surface area contributed by atoms with Crippen LogP contribution < -0.4 is 5.32 Å². The zero-order valence-electron chi connectivity index (χ0n) is 8.39. The van der Waals surface area contributed by atoms with Crippen molar-refractivity contribution in [3.63, 3.8) is 0 Å². The second kappa shape index (κ2) is 3.33. The van der Waals surface area contributed by atoms with Gasteiger partial charge >= 0.3 is 5.97 Å². The van der Waals surface area contributed by atoms with Gasteiger partial charge in [-0.3, -0.25) is 0 Å². The van der Waals surface area contributed by atoms with E-state index in [9.17, 15) is 4.79 Å². The lowest BCUT2D eigenvalue weighted by Crippen LogP contribution is -2.02. The quantitative estimate of drug-likeness (QED) is 0.687. The lowest BCUT2D eigenvalue weighted by molar-refractivity contribution is 0.0600. The SMILES string of the molecule is COC(=O)c1cc(C)c2c(c1)NCC2. The molecule has 74 valence electrons. The Labute approximate surface area is 83.1 Å². The van der Waals surface area contributed by atoms with Gasteiger partial charge in [-0.2, -0.15) is 0 Å². The summed E-state index contributed by atoms with van der Waals surface area (Å²) in [6.45, 7) is 2.99. The fourth-order valence-electron chi connectivity index (χ4n) is 1.86. The molecular formula is C11H13NO2. The zero-order chi connectivity index (χ0) is 10.1. The van der Waals surface area contributed by atoms with Crippen LogP contribution in [0.15, 0.2) is 12.1 Å². The third-order valence-corrected chi connectivity index (χ3v) is 2.58. The molecule has 0 unspecified atom stereocenters. The molecule has 0 radical (unpaired) electrons. The molecule has 1 aliphatic heterocycles. The fraction of sp³-hybridized carbons (Fsp3) is 0.364. The number of esters is 1. The molecule has 0 saturated carbocycles. The summed E-state index contributed by atoms with van der Waals surface area (Å²) in [5.74, 6) is -0.274. The van der Waals surface area contributed by atoms with Crippen molar-refractivity contribution in [2.24, 2.45) is 0 Å². The van der Waals surface area contributed by atoms with E-state index >= 15 is 0 Å². The van der Waals surface area contributed by atoms with Crippen LogP contribution in [0, 0.1) is 6.92 Å². The average molecular weight is 191 g/mol. The van der Waals surface area contributed by atoms with Crippen molar-refractivity contribution in [2.45, 2.75) is 13.3 Å². The molecule has 3 heteroatoms. The number of hydrogen-bond donors (Lipinski definition) is 1. The van der Waals surface area contributed by atoms with Crippen LogP contribution in [0.5, 0.6) is 0 Å². The van der Waals surface area contributed by atoms with E-state index in [0.29, 0.717) is 5.56 Å². The zero-order valence-corrected chi connectivity index (χ0v) is 8.39. The summed E-state index contributed by atoms with van der Waals surface area (Å²) in [7, 11) is 1.40. The van der Waals surface area contributed by atoms with Gasteiger partial charge in [0.2, 0.25) is 0 Å². The summed E-state index contributed by atoms with van der Waals surface area (Å²) in [6, 6.07) is 3.75. The Bertz CT molecular complexity index is 385. The van der Waals surface area contributed by atoms with Crippen molar-refractivity contribution < 1.29 is 9.53 Å². The molecule has 0 atom stereocenters. The third kappa shape index (κ3) is 1.35. The number of carbonyl (C=O) groups is 1. The molecule has 0 aliphatic carbocycles. The highest BCUT2D eigenvalue weighted by molar-refractivity contribution is 5.91. The minimum absolute atomic E-state index is 0.274.